The molecule has 4 heteroatoms. The fraction of sp³-hybridized carbons (Fsp3) is 0.200. The van der Waals surface area contributed by atoms with Crippen LogP contribution in [-0.4, -0.2) is 13.2 Å². The Morgan fingerprint density at radius 2 is 1.58 bits per heavy atom. The summed E-state index contributed by atoms with van der Waals surface area (Å²) in [7, 11) is 0. The van der Waals surface area contributed by atoms with Crippen molar-refractivity contribution in [2.24, 2.45) is 0 Å². The van der Waals surface area contributed by atoms with E-state index < -0.39 is 0 Å². The highest BCUT2D eigenvalue weighted by atomic mass is 79.9. The van der Waals surface area contributed by atoms with Crippen molar-refractivity contribution in [3.63, 3.8) is 0 Å². The molecular formula is C15H14BrClO2. The Hall–Kier alpha value is -1.19. The topological polar surface area (TPSA) is 18.5 Å². The van der Waals surface area contributed by atoms with Gasteiger partial charge in [0.2, 0.25) is 0 Å². The molecule has 0 bridgehead atoms. The molecule has 0 aromatic heterocycles. The fourth-order valence-corrected chi connectivity index (χ4v) is 2.35. The van der Waals surface area contributed by atoms with E-state index in [0.29, 0.717) is 19.1 Å². The molecule has 0 spiro atoms. The third-order valence-corrected chi connectivity index (χ3v) is 3.59. The van der Waals surface area contributed by atoms with Crippen molar-refractivity contribution in [1.29, 1.82) is 0 Å². The highest BCUT2D eigenvalue weighted by molar-refractivity contribution is 9.10. The summed E-state index contributed by atoms with van der Waals surface area (Å²) >= 11 is 9.27. The van der Waals surface area contributed by atoms with Crippen LogP contribution in [0.25, 0.3) is 0 Å². The zero-order valence-electron chi connectivity index (χ0n) is 10.3. The molecule has 0 fully saturated rings. The number of para-hydroxylation sites is 1. The van der Waals surface area contributed by atoms with Gasteiger partial charge in [0.25, 0.3) is 0 Å². The third-order valence-electron chi connectivity index (χ3n) is 2.53. The molecule has 0 heterocycles. The summed E-state index contributed by atoms with van der Waals surface area (Å²) in [6.45, 7) is 1.01. The van der Waals surface area contributed by atoms with E-state index in [1.54, 1.807) is 0 Å². The maximum atomic E-state index is 5.84. The van der Waals surface area contributed by atoms with Gasteiger partial charge in [-0.25, -0.2) is 0 Å². The van der Waals surface area contributed by atoms with Gasteiger partial charge in [-0.2, -0.15) is 0 Å². The van der Waals surface area contributed by atoms with Crippen LogP contribution in [0.1, 0.15) is 5.56 Å². The first-order valence-electron chi connectivity index (χ1n) is 5.94. The molecule has 2 nitrogen and oxygen atoms in total. The van der Waals surface area contributed by atoms with E-state index >= 15 is 0 Å². The Morgan fingerprint density at radius 1 is 0.895 bits per heavy atom. The Bertz CT molecular complexity index is 517. The van der Waals surface area contributed by atoms with E-state index in [1.807, 2.05) is 48.5 Å². The largest absolute Gasteiger partial charge is 0.490 e. The lowest BCUT2D eigenvalue weighted by molar-refractivity contribution is 0.217. The van der Waals surface area contributed by atoms with Crippen molar-refractivity contribution in [2.75, 3.05) is 13.2 Å². The number of benzene rings is 2. The minimum absolute atomic E-state index is 0.457. The molecule has 0 N–H and O–H groups in total. The number of ether oxygens (including phenoxy) is 2. The van der Waals surface area contributed by atoms with Crippen molar-refractivity contribution in [3.05, 3.63) is 58.6 Å². The molecule has 2 rings (SSSR count). The van der Waals surface area contributed by atoms with Gasteiger partial charge in [-0.15, -0.1) is 11.6 Å². The first kappa shape index (κ1) is 14.2. The molecule has 0 unspecified atom stereocenters. The zero-order valence-corrected chi connectivity index (χ0v) is 12.7. The smallest absolute Gasteiger partial charge is 0.122 e. The minimum Gasteiger partial charge on any atom is -0.490 e. The van der Waals surface area contributed by atoms with Gasteiger partial charge in [-0.05, 0) is 35.9 Å². The lowest BCUT2D eigenvalue weighted by Gasteiger charge is -2.09. The average molecular weight is 342 g/mol. The second-order valence-corrected chi connectivity index (χ2v) is 5.02. The van der Waals surface area contributed by atoms with Crippen LogP contribution < -0.4 is 9.47 Å². The van der Waals surface area contributed by atoms with Gasteiger partial charge < -0.3 is 9.47 Å². The van der Waals surface area contributed by atoms with Crippen LogP contribution in [0.15, 0.2) is 53.0 Å². The molecule has 0 saturated heterocycles. The van der Waals surface area contributed by atoms with Crippen molar-refractivity contribution >= 4 is 27.5 Å². The quantitative estimate of drug-likeness (QED) is 0.562. The third kappa shape index (κ3) is 4.44. The van der Waals surface area contributed by atoms with Crippen LogP contribution in [0.2, 0.25) is 0 Å². The number of rotatable bonds is 6. The van der Waals surface area contributed by atoms with Crippen LogP contribution in [0.4, 0.5) is 0 Å². The normalized spacial score (nSPS) is 10.2. The Morgan fingerprint density at radius 3 is 2.26 bits per heavy atom. The monoisotopic (exact) mass is 340 g/mol. The molecule has 0 amide bonds. The van der Waals surface area contributed by atoms with Gasteiger partial charge >= 0.3 is 0 Å². The maximum absolute atomic E-state index is 5.84. The average Bonchev–Trinajstić information content (AvgIpc) is 2.46. The van der Waals surface area contributed by atoms with Gasteiger partial charge in [-0.3, -0.25) is 0 Å². The standard InChI is InChI=1S/C15H14BrClO2/c16-15-7-6-14(10-12(15)11-17)19-9-8-18-13-4-2-1-3-5-13/h1-7,10H,8-9,11H2. The van der Waals surface area contributed by atoms with Crippen LogP contribution in [0.5, 0.6) is 11.5 Å². The van der Waals surface area contributed by atoms with Gasteiger partial charge in [-0.1, -0.05) is 34.1 Å². The first-order chi connectivity index (χ1) is 9.29. The lowest BCUT2D eigenvalue weighted by atomic mass is 10.2. The van der Waals surface area contributed by atoms with Crippen LogP contribution in [0, 0.1) is 0 Å². The summed E-state index contributed by atoms with van der Waals surface area (Å²) in [5.74, 6) is 2.11. The van der Waals surface area contributed by atoms with Gasteiger partial charge in [0, 0.05) is 10.4 Å². The van der Waals surface area contributed by atoms with E-state index in [0.717, 1.165) is 21.5 Å². The minimum atomic E-state index is 0.457. The Balaban J connectivity index is 1.80. The SMILES string of the molecule is ClCc1cc(OCCOc2ccccc2)ccc1Br. The molecule has 19 heavy (non-hydrogen) atoms. The maximum Gasteiger partial charge on any atom is 0.122 e. The predicted octanol–water partition coefficient (Wildman–Crippen LogP) is 4.65. The highest BCUT2D eigenvalue weighted by Gasteiger charge is 2.01. The summed E-state index contributed by atoms with van der Waals surface area (Å²) < 4.78 is 12.2. The summed E-state index contributed by atoms with van der Waals surface area (Å²) in [6, 6.07) is 15.5. The molecule has 100 valence electrons. The number of alkyl halides is 1. The van der Waals surface area contributed by atoms with Crippen molar-refractivity contribution in [1.82, 2.24) is 0 Å². The van der Waals surface area contributed by atoms with E-state index in [2.05, 4.69) is 15.9 Å². The molecule has 0 atom stereocenters. The van der Waals surface area contributed by atoms with Crippen molar-refractivity contribution in [2.45, 2.75) is 5.88 Å². The zero-order chi connectivity index (χ0) is 13.5. The summed E-state index contributed by atoms with van der Waals surface area (Å²) in [4.78, 5) is 0. The van der Waals surface area contributed by atoms with Crippen LogP contribution >= 0.6 is 27.5 Å². The molecule has 0 radical (unpaired) electrons. The first-order valence-corrected chi connectivity index (χ1v) is 7.27. The summed E-state index contributed by atoms with van der Waals surface area (Å²) in [5.41, 5.74) is 1.02. The van der Waals surface area contributed by atoms with Gasteiger partial charge in [0.1, 0.15) is 24.7 Å². The van der Waals surface area contributed by atoms with Crippen LogP contribution in [0.3, 0.4) is 0 Å². The van der Waals surface area contributed by atoms with Crippen molar-refractivity contribution < 1.29 is 9.47 Å². The van der Waals surface area contributed by atoms with Gasteiger partial charge in [0.05, 0.1) is 0 Å². The molecule has 0 saturated carbocycles. The number of hydrogen-bond donors (Lipinski definition) is 0. The van der Waals surface area contributed by atoms with E-state index in [-0.39, 0.29) is 0 Å². The Kier molecular flexibility index (Phi) is 5.55. The van der Waals surface area contributed by atoms with Gasteiger partial charge in [0.15, 0.2) is 0 Å². The lowest BCUT2D eigenvalue weighted by Crippen LogP contribution is -2.09. The fourth-order valence-electron chi connectivity index (χ4n) is 1.58. The molecule has 0 aliphatic heterocycles. The number of halogens is 2. The predicted molar refractivity (Wildman–Crippen MR) is 81.1 cm³/mol. The van der Waals surface area contributed by atoms with E-state index in [4.69, 9.17) is 21.1 Å². The summed E-state index contributed by atoms with van der Waals surface area (Å²) in [6.07, 6.45) is 0. The highest BCUT2D eigenvalue weighted by Crippen LogP contribution is 2.24. The molecule has 2 aromatic rings. The van der Waals surface area contributed by atoms with Crippen LogP contribution in [-0.2, 0) is 5.88 Å². The molecule has 0 aliphatic carbocycles. The molecular weight excluding hydrogens is 328 g/mol. The molecule has 0 aliphatic rings. The van der Waals surface area contributed by atoms with E-state index in [9.17, 15) is 0 Å². The van der Waals surface area contributed by atoms with Crippen molar-refractivity contribution in [3.8, 4) is 11.5 Å². The summed E-state index contributed by atoms with van der Waals surface area (Å²) in [5, 5.41) is 0. The second kappa shape index (κ2) is 7.41. The Labute approximate surface area is 126 Å². The number of hydrogen-bond acceptors (Lipinski definition) is 2. The molecule has 2 aromatic carbocycles. The van der Waals surface area contributed by atoms with E-state index in [1.165, 1.54) is 0 Å². The second-order valence-electron chi connectivity index (χ2n) is 3.90.